The number of nitrogens with one attached hydrogen (secondary N) is 1. The summed E-state index contributed by atoms with van der Waals surface area (Å²) in [4.78, 5) is 21.8. The zero-order valence-electron chi connectivity index (χ0n) is 13.7. The Morgan fingerprint density at radius 3 is 2.83 bits per heavy atom. The van der Waals surface area contributed by atoms with Crippen molar-refractivity contribution in [1.29, 1.82) is 0 Å². The Morgan fingerprint density at radius 1 is 1.33 bits per heavy atom. The number of oxime groups is 1. The number of thiazole rings is 1. The highest BCUT2D eigenvalue weighted by atomic mass is 32.1. The monoisotopic (exact) mass is 343 g/mol. The molecule has 1 aliphatic rings. The van der Waals surface area contributed by atoms with Gasteiger partial charge in [0.25, 0.3) is 0 Å². The van der Waals surface area contributed by atoms with Crippen molar-refractivity contribution < 1.29 is 9.63 Å². The molecule has 1 N–H and O–H groups in total. The van der Waals surface area contributed by atoms with Crippen LogP contribution in [0.15, 0.2) is 40.9 Å². The van der Waals surface area contributed by atoms with Gasteiger partial charge in [-0.05, 0) is 25.3 Å². The summed E-state index contributed by atoms with van der Waals surface area (Å²) in [6, 6.07) is 9.87. The number of hydrogen-bond donors (Lipinski definition) is 1. The molecule has 126 valence electrons. The van der Waals surface area contributed by atoms with Crippen molar-refractivity contribution in [2.45, 2.75) is 39.2 Å². The summed E-state index contributed by atoms with van der Waals surface area (Å²) >= 11 is 1.42. The van der Waals surface area contributed by atoms with Crippen LogP contribution in [0.3, 0.4) is 0 Å². The SMILES string of the molecule is C/C(=N/OCc1csc(NC(=O)C2CCCC2)n1)c1ccccc1. The quantitative estimate of drug-likeness (QED) is 0.631. The van der Waals surface area contributed by atoms with Crippen LogP contribution in [0.2, 0.25) is 0 Å². The Kier molecular flexibility index (Phi) is 5.59. The van der Waals surface area contributed by atoms with Crippen LogP contribution in [0.1, 0.15) is 43.9 Å². The molecular weight excluding hydrogens is 322 g/mol. The van der Waals surface area contributed by atoms with Crippen LogP contribution in [-0.2, 0) is 16.2 Å². The van der Waals surface area contributed by atoms with Gasteiger partial charge in [0, 0.05) is 11.3 Å². The maximum absolute atomic E-state index is 12.1. The van der Waals surface area contributed by atoms with Gasteiger partial charge in [0.15, 0.2) is 11.7 Å². The molecule has 6 heteroatoms. The molecule has 1 aromatic carbocycles. The predicted molar refractivity (Wildman–Crippen MR) is 96.1 cm³/mol. The first-order valence-corrected chi connectivity index (χ1v) is 9.07. The molecule has 1 heterocycles. The molecule has 0 unspecified atom stereocenters. The number of carbonyl (C=O) groups is 1. The second-order valence-electron chi connectivity index (χ2n) is 5.93. The van der Waals surface area contributed by atoms with Gasteiger partial charge in [-0.1, -0.05) is 48.3 Å². The van der Waals surface area contributed by atoms with E-state index in [4.69, 9.17) is 4.84 Å². The van der Waals surface area contributed by atoms with Crippen molar-refractivity contribution in [3.05, 3.63) is 47.0 Å². The van der Waals surface area contributed by atoms with Gasteiger partial charge in [0.2, 0.25) is 5.91 Å². The average Bonchev–Trinajstić information content (AvgIpc) is 3.27. The van der Waals surface area contributed by atoms with E-state index in [1.165, 1.54) is 11.3 Å². The third-order valence-electron chi connectivity index (χ3n) is 4.11. The van der Waals surface area contributed by atoms with Crippen molar-refractivity contribution in [3.8, 4) is 0 Å². The lowest BCUT2D eigenvalue weighted by molar-refractivity contribution is -0.119. The molecule has 1 aromatic heterocycles. The van der Waals surface area contributed by atoms with Crippen molar-refractivity contribution in [2.24, 2.45) is 11.1 Å². The molecule has 0 aliphatic heterocycles. The van der Waals surface area contributed by atoms with Crippen LogP contribution in [0.5, 0.6) is 0 Å². The molecule has 1 saturated carbocycles. The first kappa shape index (κ1) is 16.6. The Labute approximate surface area is 145 Å². The maximum atomic E-state index is 12.1. The zero-order valence-corrected chi connectivity index (χ0v) is 14.5. The molecule has 3 rings (SSSR count). The molecule has 1 fully saturated rings. The van der Waals surface area contributed by atoms with E-state index in [9.17, 15) is 4.79 Å². The highest BCUT2D eigenvalue weighted by Crippen LogP contribution is 2.26. The van der Waals surface area contributed by atoms with E-state index in [2.05, 4.69) is 15.5 Å². The summed E-state index contributed by atoms with van der Waals surface area (Å²) in [5.74, 6) is 0.235. The Hall–Kier alpha value is -2.21. The van der Waals surface area contributed by atoms with Gasteiger partial charge in [0.1, 0.15) is 0 Å². The lowest BCUT2D eigenvalue weighted by Gasteiger charge is -2.07. The number of aromatic nitrogens is 1. The fourth-order valence-corrected chi connectivity index (χ4v) is 3.45. The predicted octanol–water partition coefficient (Wildman–Crippen LogP) is 4.21. The average molecular weight is 343 g/mol. The number of rotatable bonds is 6. The minimum Gasteiger partial charge on any atom is -0.389 e. The van der Waals surface area contributed by atoms with E-state index in [1.54, 1.807) is 0 Å². The van der Waals surface area contributed by atoms with Crippen molar-refractivity contribution in [3.63, 3.8) is 0 Å². The summed E-state index contributed by atoms with van der Waals surface area (Å²) in [7, 11) is 0. The maximum Gasteiger partial charge on any atom is 0.229 e. The van der Waals surface area contributed by atoms with Gasteiger partial charge in [-0.2, -0.15) is 0 Å². The standard InChI is InChI=1S/C18H21N3O2S/c1-13(14-7-3-2-4-8-14)21-23-11-16-12-24-18(19-16)20-17(22)15-9-5-6-10-15/h2-4,7-8,12,15H,5-6,9-11H2,1H3,(H,19,20,22)/b21-13-. The third kappa shape index (κ3) is 4.41. The molecule has 5 nitrogen and oxygen atoms in total. The second kappa shape index (κ2) is 8.06. The van der Waals surface area contributed by atoms with Crippen LogP contribution < -0.4 is 5.32 Å². The Morgan fingerprint density at radius 2 is 2.08 bits per heavy atom. The van der Waals surface area contributed by atoms with E-state index in [0.717, 1.165) is 42.7 Å². The van der Waals surface area contributed by atoms with Crippen LogP contribution >= 0.6 is 11.3 Å². The molecule has 24 heavy (non-hydrogen) atoms. The minimum absolute atomic E-state index is 0.0901. The van der Waals surface area contributed by atoms with Crippen molar-refractivity contribution in [2.75, 3.05) is 5.32 Å². The van der Waals surface area contributed by atoms with Crippen molar-refractivity contribution >= 4 is 28.1 Å². The number of amides is 1. The topological polar surface area (TPSA) is 63.6 Å². The van der Waals surface area contributed by atoms with Gasteiger partial charge < -0.3 is 10.2 Å². The minimum atomic E-state index is 0.0901. The molecule has 0 saturated heterocycles. The van der Waals surface area contributed by atoms with E-state index in [-0.39, 0.29) is 11.8 Å². The highest BCUT2D eigenvalue weighted by Gasteiger charge is 2.23. The highest BCUT2D eigenvalue weighted by molar-refractivity contribution is 7.13. The van der Waals surface area contributed by atoms with E-state index in [1.807, 2.05) is 42.6 Å². The second-order valence-corrected chi connectivity index (χ2v) is 6.79. The zero-order chi connectivity index (χ0) is 16.8. The van der Waals surface area contributed by atoms with Gasteiger partial charge >= 0.3 is 0 Å². The lowest BCUT2D eigenvalue weighted by Crippen LogP contribution is -2.20. The molecule has 2 aromatic rings. The first-order valence-electron chi connectivity index (χ1n) is 8.19. The number of benzene rings is 1. The largest absolute Gasteiger partial charge is 0.389 e. The first-order chi connectivity index (χ1) is 11.7. The Bertz CT molecular complexity index is 706. The van der Waals surface area contributed by atoms with E-state index >= 15 is 0 Å². The summed E-state index contributed by atoms with van der Waals surface area (Å²) in [5, 5.41) is 9.54. The number of carbonyl (C=O) groups excluding carboxylic acids is 1. The fraction of sp³-hybridized carbons (Fsp3) is 0.389. The number of anilines is 1. The van der Waals surface area contributed by atoms with Crippen LogP contribution in [0, 0.1) is 5.92 Å². The smallest absolute Gasteiger partial charge is 0.229 e. The molecule has 1 amide bonds. The molecule has 0 bridgehead atoms. The van der Waals surface area contributed by atoms with Gasteiger partial charge in [-0.3, -0.25) is 4.79 Å². The number of hydrogen-bond acceptors (Lipinski definition) is 5. The Balaban J connectivity index is 1.50. The molecular formula is C18H21N3O2S. The third-order valence-corrected chi connectivity index (χ3v) is 4.92. The number of nitrogens with zero attached hydrogens (tertiary/aromatic N) is 2. The molecule has 0 radical (unpaired) electrons. The summed E-state index contributed by atoms with van der Waals surface area (Å²) < 4.78 is 0. The molecule has 1 aliphatic carbocycles. The summed E-state index contributed by atoms with van der Waals surface area (Å²) in [5.41, 5.74) is 2.62. The van der Waals surface area contributed by atoms with Crippen LogP contribution in [0.25, 0.3) is 0 Å². The molecule has 0 atom stereocenters. The van der Waals surface area contributed by atoms with Crippen LogP contribution in [-0.4, -0.2) is 16.6 Å². The summed E-state index contributed by atoms with van der Waals surface area (Å²) in [6.07, 6.45) is 4.27. The summed E-state index contributed by atoms with van der Waals surface area (Å²) in [6.45, 7) is 2.20. The van der Waals surface area contributed by atoms with E-state index in [0.29, 0.717) is 11.7 Å². The molecule has 0 spiro atoms. The lowest BCUT2D eigenvalue weighted by atomic mass is 10.1. The van der Waals surface area contributed by atoms with Crippen molar-refractivity contribution in [1.82, 2.24) is 4.98 Å². The normalized spacial score (nSPS) is 15.5. The van der Waals surface area contributed by atoms with Crippen LogP contribution in [0.4, 0.5) is 5.13 Å². The van der Waals surface area contributed by atoms with Gasteiger partial charge in [0.05, 0.1) is 11.4 Å². The van der Waals surface area contributed by atoms with E-state index < -0.39 is 0 Å². The van der Waals surface area contributed by atoms with Gasteiger partial charge in [-0.25, -0.2) is 4.98 Å². The fourth-order valence-electron chi connectivity index (χ4n) is 2.75. The van der Waals surface area contributed by atoms with Gasteiger partial charge in [-0.15, -0.1) is 11.3 Å².